The van der Waals surface area contributed by atoms with E-state index in [2.05, 4.69) is 10.2 Å². The van der Waals surface area contributed by atoms with Gasteiger partial charge in [0.25, 0.3) is 0 Å². The molecule has 1 saturated heterocycles. The van der Waals surface area contributed by atoms with Crippen LogP contribution in [0.2, 0.25) is 10.0 Å². The van der Waals surface area contributed by atoms with Crippen LogP contribution in [-0.4, -0.2) is 31.1 Å². The van der Waals surface area contributed by atoms with E-state index in [9.17, 15) is 0 Å². The Hall–Kier alpha value is -0.280. The molecule has 0 atom stereocenters. The summed E-state index contributed by atoms with van der Waals surface area (Å²) in [6.07, 6.45) is 2.69. The second-order valence-electron chi connectivity index (χ2n) is 4.43. The highest BCUT2D eigenvalue weighted by Gasteiger charge is 2.10. The van der Waals surface area contributed by atoms with Gasteiger partial charge in [-0.3, -0.25) is 0 Å². The maximum atomic E-state index is 6.10. The molecule has 0 radical (unpaired) electrons. The molecule has 1 fully saturated rings. The van der Waals surface area contributed by atoms with Crippen molar-refractivity contribution in [2.75, 3.05) is 26.2 Å². The molecule has 1 aliphatic rings. The molecular formula is C13H18Cl2N2. The van der Waals surface area contributed by atoms with E-state index < -0.39 is 0 Å². The van der Waals surface area contributed by atoms with Crippen LogP contribution in [0.1, 0.15) is 18.4 Å². The summed E-state index contributed by atoms with van der Waals surface area (Å²) >= 11 is 12.2. The first kappa shape index (κ1) is 13.2. The van der Waals surface area contributed by atoms with Crippen molar-refractivity contribution in [2.24, 2.45) is 0 Å². The van der Waals surface area contributed by atoms with Crippen molar-refractivity contribution in [3.8, 4) is 0 Å². The summed E-state index contributed by atoms with van der Waals surface area (Å²) in [5.41, 5.74) is 0.997. The van der Waals surface area contributed by atoms with Crippen molar-refractivity contribution < 1.29 is 0 Å². The molecule has 4 heteroatoms. The van der Waals surface area contributed by atoms with Gasteiger partial charge in [0.15, 0.2) is 0 Å². The van der Waals surface area contributed by atoms with E-state index in [0.29, 0.717) is 0 Å². The van der Waals surface area contributed by atoms with E-state index in [4.69, 9.17) is 23.2 Å². The van der Waals surface area contributed by atoms with Crippen LogP contribution in [0, 0.1) is 0 Å². The zero-order valence-corrected chi connectivity index (χ0v) is 11.4. The molecule has 1 heterocycles. The molecule has 0 bridgehead atoms. The van der Waals surface area contributed by atoms with Gasteiger partial charge in [-0.05, 0) is 38.1 Å². The van der Waals surface area contributed by atoms with Crippen LogP contribution in [-0.2, 0) is 6.54 Å². The van der Waals surface area contributed by atoms with E-state index in [0.717, 1.165) is 35.2 Å². The zero-order chi connectivity index (χ0) is 12.1. The first-order valence-electron chi connectivity index (χ1n) is 6.13. The second-order valence-corrected chi connectivity index (χ2v) is 5.24. The number of rotatable bonds is 5. The summed E-state index contributed by atoms with van der Waals surface area (Å²) in [6, 6.07) is 5.63. The van der Waals surface area contributed by atoms with Crippen LogP contribution < -0.4 is 5.32 Å². The van der Waals surface area contributed by atoms with Gasteiger partial charge in [-0.2, -0.15) is 0 Å². The van der Waals surface area contributed by atoms with E-state index in [1.54, 1.807) is 0 Å². The third-order valence-corrected chi connectivity index (χ3v) is 3.88. The van der Waals surface area contributed by atoms with Crippen molar-refractivity contribution in [3.05, 3.63) is 33.8 Å². The van der Waals surface area contributed by atoms with Gasteiger partial charge in [0, 0.05) is 35.2 Å². The molecule has 1 aromatic rings. The number of benzene rings is 1. The van der Waals surface area contributed by atoms with Crippen LogP contribution in [0.15, 0.2) is 18.2 Å². The summed E-state index contributed by atoms with van der Waals surface area (Å²) in [7, 11) is 0. The molecule has 17 heavy (non-hydrogen) atoms. The summed E-state index contributed by atoms with van der Waals surface area (Å²) in [5, 5.41) is 4.88. The van der Waals surface area contributed by atoms with Crippen molar-refractivity contribution in [1.29, 1.82) is 0 Å². The van der Waals surface area contributed by atoms with Crippen molar-refractivity contribution in [3.63, 3.8) is 0 Å². The van der Waals surface area contributed by atoms with Crippen LogP contribution in [0.4, 0.5) is 0 Å². The smallest absolute Gasteiger partial charge is 0.0465 e. The van der Waals surface area contributed by atoms with E-state index >= 15 is 0 Å². The molecule has 0 aliphatic carbocycles. The van der Waals surface area contributed by atoms with Gasteiger partial charge in [-0.15, -0.1) is 0 Å². The number of likely N-dealkylation sites (tertiary alicyclic amines) is 1. The Bertz CT molecular complexity index is 342. The molecule has 1 N–H and O–H groups in total. The number of nitrogens with zero attached hydrogens (tertiary/aromatic N) is 1. The lowest BCUT2D eigenvalue weighted by Gasteiger charge is -2.15. The maximum Gasteiger partial charge on any atom is 0.0465 e. The molecule has 0 amide bonds. The molecule has 0 spiro atoms. The predicted octanol–water partition coefficient (Wildman–Crippen LogP) is 3.18. The predicted molar refractivity (Wildman–Crippen MR) is 73.8 cm³/mol. The minimum atomic E-state index is 0.742. The number of halogens is 2. The topological polar surface area (TPSA) is 15.3 Å². The SMILES string of the molecule is Clc1cccc(Cl)c1CNCCN1CCCC1. The van der Waals surface area contributed by atoms with Crippen LogP contribution >= 0.6 is 23.2 Å². The fraction of sp³-hybridized carbons (Fsp3) is 0.538. The normalized spacial score (nSPS) is 16.6. The highest BCUT2D eigenvalue weighted by Crippen LogP contribution is 2.23. The highest BCUT2D eigenvalue weighted by atomic mass is 35.5. The lowest BCUT2D eigenvalue weighted by molar-refractivity contribution is 0.335. The largest absolute Gasteiger partial charge is 0.311 e. The molecule has 2 rings (SSSR count). The van der Waals surface area contributed by atoms with E-state index in [1.807, 2.05) is 18.2 Å². The molecule has 0 saturated carbocycles. The number of hydrogen-bond acceptors (Lipinski definition) is 2. The number of hydrogen-bond donors (Lipinski definition) is 1. The number of nitrogens with one attached hydrogen (secondary N) is 1. The van der Waals surface area contributed by atoms with Crippen LogP contribution in [0.3, 0.4) is 0 Å². The van der Waals surface area contributed by atoms with Crippen LogP contribution in [0.5, 0.6) is 0 Å². The summed E-state index contributed by atoms with van der Waals surface area (Å²) in [4.78, 5) is 2.49. The van der Waals surface area contributed by atoms with E-state index in [1.165, 1.54) is 25.9 Å². The second kappa shape index (κ2) is 6.60. The Labute approximate surface area is 113 Å². The fourth-order valence-corrected chi connectivity index (χ4v) is 2.69. The maximum absolute atomic E-state index is 6.10. The van der Waals surface area contributed by atoms with Crippen molar-refractivity contribution in [1.82, 2.24) is 10.2 Å². The average Bonchev–Trinajstić information content (AvgIpc) is 2.80. The Morgan fingerprint density at radius 3 is 2.41 bits per heavy atom. The zero-order valence-electron chi connectivity index (χ0n) is 9.88. The Kier molecular flexibility index (Phi) is 5.11. The standard InChI is InChI=1S/C13H18Cl2N2/c14-12-4-3-5-13(15)11(12)10-16-6-9-17-7-1-2-8-17/h3-5,16H,1-2,6-10H2. The van der Waals surface area contributed by atoms with Crippen molar-refractivity contribution in [2.45, 2.75) is 19.4 Å². The minimum Gasteiger partial charge on any atom is -0.311 e. The fourth-order valence-electron chi connectivity index (χ4n) is 2.16. The first-order chi connectivity index (χ1) is 8.27. The molecule has 0 aromatic heterocycles. The molecule has 0 unspecified atom stereocenters. The summed E-state index contributed by atoms with van der Waals surface area (Å²) in [5.74, 6) is 0. The minimum absolute atomic E-state index is 0.742. The van der Waals surface area contributed by atoms with Gasteiger partial charge < -0.3 is 10.2 Å². The van der Waals surface area contributed by atoms with Crippen LogP contribution in [0.25, 0.3) is 0 Å². The van der Waals surface area contributed by atoms with Gasteiger partial charge in [-0.1, -0.05) is 29.3 Å². The monoisotopic (exact) mass is 272 g/mol. The third kappa shape index (κ3) is 3.85. The molecular weight excluding hydrogens is 255 g/mol. The Morgan fingerprint density at radius 1 is 1.12 bits per heavy atom. The van der Waals surface area contributed by atoms with E-state index in [-0.39, 0.29) is 0 Å². The summed E-state index contributed by atoms with van der Waals surface area (Å²) in [6.45, 7) is 5.33. The summed E-state index contributed by atoms with van der Waals surface area (Å²) < 4.78 is 0. The van der Waals surface area contributed by atoms with Gasteiger partial charge in [0.05, 0.1) is 0 Å². The van der Waals surface area contributed by atoms with Gasteiger partial charge >= 0.3 is 0 Å². The Morgan fingerprint density at radius 2 is 1.76 bits per heavy atom. The Balaban J connectivity index is 1.74. The third-order valence-electron chi connectivity index (χ3n) is 3.17. The first-order valence-corrected chi connectivity index (χ1v) is 6.89. The van der Waals surface area contributed by atoms with Gasteiger partial charge in [-0.25, -0.2) is 0 Å². The lowest BCUT2D eigenvalue weighted by Crippen LogP contribution is -2.29. The van der Waals surface area contributed by atoms with Gasteiger partial charge in [0.2, 0.25) is 0 Å². The molecule has 94 valence electrons. The lowest BCUT2D eigenvalue weighted by atomic mass is 10.2. The highest BCUT2D eigenvalue weighted by molar-refractivity contribution is 6.35. The van der Waals surface area contributed by atoms with Crippen molar-refractivity contribution >= 4 is 23.2 Å². The molecule has 1 aromatic carbocycles. The molecule has 1 aliphatic heterocycles. The molecule has 2 nitrogen and oxygen atoms in total. The average molecular weight is 273 g/mol. The quantitative estimate of drug-likeness (QED) is 0.829. The van der Waals surface area contributed by atoms with Gasteiger partial charge in [0.1, 0.15) is 0 Å².